The van der Waals surface area contributed by atoms with E-state index in [1.807, 2.05) is 0 Å². The van der Waals surface area contributed by atoms with Crippen LogP contribution in [0.2, 0.25) is 0 Å². The van der Waals surface area contributed by atoms with Crippen molar-refractivity contribution in [1.29, 1.82) is 0 Å². The van der Waals surface area contributed by atoms with Crippen molar-refractivity contribution in [3.05, 3.63) is 0 Å². The quantitative estimate of drug-likeness (QED) is 0.0363. The van der Waals surface area contributed by atoms with Crippen LogP contribution in [0.15, 0.2) is 0 Å². The van der Waals surface area contributed by atoms with Crippen LogP contribution in [0.5, 0.6) is 0 Å². The van der Waals surface area contributed by atoms with Crippen LogP contribution >= 0.6 is 0 Å². The van der Waals surface area contributed by atoms with Crippen molar-refractivity contribution < 1.29 is 168 Å². The second-order valence-corrected chi connectivity index (χ2v) is 20.9. The zero-order valence-electron chi connectivity index (χ0n) is 46.0. The number of aliphatic hydroxyl groups excluding tert-OH is 18. The van der Waals surface area contributed by atoms with Gasteiger partial charge in [0.2, 0.25) is 23.6 Å². The number of rotatable bonds is 27. The van der Waals surface area contributed by atoms with Crippen LogP contribution in [-0.2, 0) is 71.3 Å². The molecule has 0 saturated carbocycles. The molecule has 0 unspecified atom stereocenters. The highest BCUT2D eigenvalue weighted by molar-refractivity contribution is 5.77. The molecule has 23 N–H and O–H groups in total. The lowest BCUT2D eigenvalue weighted by atomic mass is 9.88. The van der Waals surface area contributed by atoms with Crippen LogP contribution < -0.4 is 21.3 Å². The standard InChI is InChI=1S/C47H80N4O34/c1-13(59)48-17(6-52)36(28(66)19(64)7-53)80-43-27(51-16(4)62)38(30(68)21(9-55)76-43)82-44-34(72)40(31(69)22(10-56)77-44)83-42-26(50-15(3)61)33(71)37(24(12-58)79-42)81-45-35(73)41(32(70)23(11-57)78-45)85-47(46(74)75)5-18(63)25(49-14(2)60)39(84-47)29(67)20(65)8-54/h17-45,52-58,63-73H,5-12H2,1-4H3,(H,48,59)(H,49,60)(H,50,61)(H,51,62)(H,74,75)/t17-,18-,19+,20+,21+,22+,23+,24+,25+,26+,27+,28-,29+,30+,31-,32-,33+,34+,35+,36+,37+,38+,39+,40-,41-,42-,43-,44-,45-,47-/m0/s1. The van der Waals surface area contributed by atoms with E-state index in [4.69, 9.17) is 47.4 Å². The van der Waals surface area contributed by atoms with Gasteiger partial charge >= 0.3 is 5.97 Å². The molecule has 0 aromatic carbocycles. The highest BCUT2D eigenvalue weighted by Crippen LogP contribution is 2.40. The fourth-order valence-electron chi connectivity index (χ4n) is 10.4. The van der Waals surface area contributed by atoms with Crippen molar-refractivity contribution in [2.45, 2.75) is 217 Å². The Bertz CT molecular complexity index is 2160. The number of aliphatic carboxylic acids is 1. The van der Waals surface area contributed by atoms with Gasteiger partial charge in [0.25, 0.3) is 5.79 Å². The number of carboxylic acids is 1. The highest BCUT2D eigenvalue weighted by atomic mass is 16.8. The van der Waals surface area contributed by atoms with Crippen molar-refractivity contribution in [1.82, 2.24) is 21.3 Å². The van der Waals surface area contributed by atoms with Crippen LogP contribution in [0.1, 0.15) is 34.1 Å². The molecule has 0 aliphatic carbocycles. The first-order valence-corrected chi connectivity index (χ1v) is 26.6. The molecule has 0 radical (unpaired) electrons. The number of nitrogens with one attached hydrogen (secondary N) is 4. The van der Waals surface area contributed by atoms with Gasteiger partial charge in [-0.05, 0) is 0 Å². The van der Waals surface area contributed by atoms with E-state index in [0.29, 0.717) is 0 Å². The molecule has 5 saturated heterocycles. The number of amides is 4. The average molecular weight is 1250 g/mol. The van der Waals surface area contributed by atoms with E-state index < -0.39 is 266 Å². The molecule has 38 nitrogen and oxygen atoms in total. The number of ether oxygens (including phenoxy) is 10. The predicted molar refractivity (Wildman–Crippen MR) is 265 cm³/mol. The van der Waals surface area contributed by atoms with E-state index in [9.17, 15) is 121 Å². The van der Waals surface area contributed by atoms with Gasteiger partial charge in [-0.25, -0.2) is 4.79 Å². The lowest BCUT2D eigenvalue weighted by Crippen LogP contribution is -2.71. The summed E-state index contributed by atoms with van der Waals surface area (Å²) in [6.07, 6.45) is -53.6. The monoisotopic (exact) mass is 1240 g/mol. The van der Waals surface area contributed by atoms with E-state index in [-0.39, 0.29) is 0 Å². The molecular weight excluding hydrogens is 1160 g/mol. The van der Waals surface area contributed by atoms with Gasteiger partial charge in [0, 0.05) is 34.1 Å². The fourth-order valence-corrected chi connectivity index (χ4v) is 10.4. The third-order valence-electron chi connectivity index (χ3n) is 14.7. The van der Waals surface area contributed by atoms with E-state index in [0.717, 1.165) is 27.7 Å². The smallest absolute Gasteiger partial charge is 0.364 e. The Morgan fingerprint density at radius 3 is 1.44 bits per heavy atom. The molecule has 4 amide bonds. The molecule has 0 aromatic rings. The minimum atomic E-state index is -3.22. The van der Waals surface area contributed by atoms with Crippen LogP contribution in [0.4, 0.5) is 0 Å². The number of aliphatic hydroxyl groups is 18. The summed E-state index contributed by atoms with van der Waals surface area (Å²) in [5.41, 5.74) is 0. The SMILES string of the molecule is CC(=O)N[C@H]1[C@H](O[C@H]2[C@@H](O)[C@@H](CO)O[C@@H](O[C@H]3[C@H](O)[C@@H](CO)O[C@@H](O[C@@H]([C@@H](O)[C@H](O)CO)[C@H](CO)NC(C)=O)[C@@H]3NC(C)=O)[C@@H]2O)O[C@H](CO)[C@@H](O[C@@H]2O[C@H](CO)[C@H](O)[C@H](O[C@]3(C(=O)O)C[C@H](O)[C@@H](NC(C)=O)[C@H]([C@H](O)[C@H](O)CO)O3)[C@H]2O)[C@@H]1O. The molecule has 30 atom stereocenters. The molecule has 85 heavy (non-hydrogen) atoms. The van der Waals surface area contributed by atoms with Crippen molar-refractivity contribution in [3.8, 4) is 0 Å². The predicted octanol–water partition coefficient (Wildman–Crippen LogP) is -14.7. The Morgan fingerprint density at radius 1 is 0.506 bits per heavy atom. The summed E-state index contributed by atoms with van der Waals surface area (Å²) >= 11 is 0. The Morgan fingerprint density at radius 2 is 0.953 bits per heavy atom. The Labute approximate surface area is 482 Å². The number of carboxylic acid groups (broad SMARTS) is 1. The van der Waals surface area contributed by atoms with Gasteiger partial charge in [-0.3, -0.25) is 19.2 Å². The Balaban J connectivity index is 1.45. The molecule has 492 valence electrons. The largest absolute Gasteiger partial charge is 0.477 e. The molecule has 5 heterocycles. The van der Waals surface area contributed by atoms with Crippen LogP contribution in [-0.4, -0.2) is 356 Å². The van der Waals surface area contributed by atoms with Crippen LogP contribution in [0.25, 0.3) is 0 Å². The number of hydrogen-bond donors (Lipinski definition) is 23. The summed E-state index contributed by atoms with van der Waals surface area (Å²) in [4.78, 5) is 62.7. The third-order valence-corrected chi connectivity index (χ3v) is 14.7. The normalized spacial score (nSPS) is 41.0. The zero-order valence-corrected chi connectivity index (χ0v) is 46.0. The van der Waals surface area contributed by atoms with Crippen molar-refractivity contribution in [3.63, 3.8) is 0 Å². The molecule has 38 heteroatoms. The van der Waals surface area contributed by atoms with Crippen molar-refractivity contribution in [2.24, 2.45) is 0 Å². The Kier molecular flexibility index (Phi) is 26.8. The van der Waals surface area contributed by atoms with Gasteiger partial charge in [-0.1, -0.05) is 0 Å². The molecule has 5 rings (SSSR count). The molecule has 0 spiro atoms. The molecule has 5 fully saturated rings. The maximum Gasteiger partial charge on any atom is 0.364 e. The summed E-state index contributed by atoms with van der Waals surface area (Å²) in [5.74, 6) is -8.79. The number of carbonyl (C=O) groups excluding carboxylic acids is 4. The maximum absolute atomic E-state index is 13.0. The maximum atomic E-state index is 13.0. The lowest BCUT2D eigenvalue weighted by Gasteiger charge is -2.51. The summed E-state index contributed by atoms with van der Waals surface area (Å²) in [6.45, 7) is -3.82. The zero-order chi connectivity index (χ0) is 63.7. The molecule has 5 aliphatic rings. The molecule has 0 bridgehead atoms. The number of carbonyl (C=O) groups is 5. The third kappa shape index (κ3) is 16.7. The van der Waals surface area contributed by atoms with Gasteiger partial charge in [0.15, 0.2) is 25.2 Å². The van der Waals surface area contributed by atoms with Gasteiger partial charge in [0.1, 0.15) is 134 Å². The van der Waals surface area contributed by atoms with E-state index in [1.165, 1.54) is 0 Å². The second kappa shape index (κ2) is 31.6. The van der Waals surface area contributed by atoms with E-state index >= 15 is 0 Å². The first-order valence-electron chi connectivity index (χ1n) is 26.6. The molecule has 0 aromatic heterocycles. The first kappa shape index (κ1) is 72.0. The molecule has 5 aliphatic heterocycles. The summed E-state index contributed by atoms with van der Waals surface area (Å²) in [7, 11) is 0. The molecular formula is C47H80N4O34. The minimum Gasteiger partial charge on any atom is -0.477 e. The topological polar surface area (TPSA) is 610 Å². The second-order valence-electron chi connectivity index (χ2n) is 20.9. The summed E-state index contributed by atoms with van der Waals surface area (Å²) < 4.78 is 58.1. The summed E-state index contributed by atoms with van der Waals surface area (Å²) in [5, 5.41) is 215. The van der Waals surface area contributed by atoms with Crippen LogP contribution in [0.3, 0.4) is 0 Å². The lowest BCUT2D eigenvalue weighted by molar-refractivity contribution is -0.389. The van der Waals surface area contributed by atoms with Gasteiger partial charge in [-0.15, -0.1) is 0 Å². The minimum absolute atomic E-state index is 0.789. The fraction of sp³-hybridized carbons (Fsp3) is 0.894. The average Bonchev–Trinajstić information content (AvgIpc) is 1.37. The van der Waals surface area contributed by atoms with E-state index in [2.05, 4.69) is 21.3 Å². The van der Waals surface area contributed by atoms with Crippen molar-refractivity contribution >= 4 is 29.6 Å². The van der Waals surface area contributed by atoms with Gasteiger partial charge < -0.3 is 166 Å². The van der Waals surface area contributed by atoms with E-state index in [1.54, 1.807) is 0 Å². The van der Waals surface area contributed by atoms with Gasteiger partial charge in [-0.2, -0.15) is 0 Å². The van der Waals surface area contributed by atoms with Crippen LogP contribution in [0, 0.1) is 0 Å². The summed E-state index contributed by atoms with van der Waals surface area (Å²) in [6, 6.07) is -7.04. The van der Waals surface area contributed by atoms with Gasteiger partial charge in [0.05, 0.1) is 64.4 Å². The van der Waals surface area contributed by atoms with Crippen molar-refractivity contribution in [2.75, 3.05) is 46.2 Å². The first-order chi connectivity index (χ1) is 40.0. The highest BCUT2D eigenvalue weighted by Gasteiger charge is 2.61. The Hall–Kier alpha value is -3.77. The number of hydrogen-bond acceptors (Lipinski definition) is 33.